The van der Waals surface area contributed by atoms with Crippen LogP contribution in [0.15, 0.2) is 24.3 Å². The highest BCUT2D eigenvalue weighted by Crippen LogP contribution is 2.11. The van der Waals surface area contributed by atoms with Crippen LogP contribution < -0.4 is 0 Å². The molecule has 0 unspecified atom stereocenters. The van der Waals surface area contributed by atoms with Crippen molar-refractivity contribution in [2.24, 2.45) is 0 Å². The molecule has 0 saturated carbocycles. The van der Waals surface area contributed by atoms with Crippen molar-refractivity contribution in [3.63, 3.8) is 0 Å². The summed E-state index contributed by atoms with van der Waals surface area (Å²) in [4.78, 5) is 16.9. The van der Waals surface area contributed by atoms with Crippen LogP contribution in [-0.4, -0.2) is 61.6 Å². The molecule has 0 spiro atoms. The van der Waals surface area contributed by atoms with Gasteiger partial charge in [0.1, 0.15) is 0 Å². The normalized spacial score (nSPS) is 16.8. The summed E-state index contributed by atoms with van der Waals surface area (Å²) in [6.07, 6.45) is 1.03. The third-order valence-corrected chi connectivity index (χ3v) is 3.90. The molecular formula is C17H26N2O2. The maximum atomic E-state index is 12.6. The van der Waals surface area contributed by atoms with Gasteiger partial charge in [-0.15, -0.1) is 0 Å². The van der Waals surface area contributed by atoms with E-state index in [1.165, 1.54) is 0 Å². The third-order valence-electron chi connectivity index (χ3n) is 3.90. The van der Waals surface area contributed by atoms with Gasteiger partial charge in [-0.3, -0.25) is 9.69 Å². The number of hydrogen-bond donors (Lipinski definition) is 0. The summed E-state index contributed by atoms with van der Waals surface area (Å²) in [6.45, 7) is 10.2. The second-order valence-corrected chi connectivity index (χ2v) is 5.55. The number of carbonyl (C=O) groups is 1. The molecule has 0 radical (unpaired) electrons. The Hall–Kier alpha value is -1.39. The number of benzene rings is 1. The lowest BCUT2D eigenvalue weighted by molar-refractivity contribution is 0.0756. The van der Waals surface area contributed by atoms with E-state index in [4.69, 9.17) is 4.74 Å². The molecule has 0 aromatic heterocycles. The fourth-order valence-electron chi connectivity index (χ4n) is 2.70. The lowest BCUT2D eigenvalue weighted by Gasteiger charge is -2.22. The van der Waals surface area contributed by atoms with Gasteiger partial charge in [-0.2, -0.15) is 0 Å². The van der Waals surface area contributed by atoms with E-state index in [1.807, 2.05) is 43.0 Å². The average Bonchev–Trinajstić information content (AvgIpc) is 2.72. The number of nitrogens with zero attached hydrogens (tertiary/aromatic N) is 2. The number of aryl methyl sites for hydroxylation is 1. The highest BCUT2D eigenvalue weighted by atomic mass is 16.5. The molecule has 1 aromatic carbocycles. The smallest absolute Gasteiger partial charge is 0.253 e. The largest absolute Gasteiger partial charge is 0.380 e. The number of amides is 1. The fourth-order valence-corrected chi connectivity index (χ4v) is 2.70. The van der Waals surface area contributed by atoms with Gasteiger partial charge in [-0.05, 0) is 38.9 Å². The summed E-state index contributed by atoms with van der Waals surface area (Å²) in [5.41, 5.74) is 1.94. The van der Waals surface area contributed by atoms with Crippen molar-refractivity contribution in [2.45, 2.75) is 20.3 Å². The number of rotatable bonds is 5. The van der Waals surface area contributed by atoms with Gasteiger partial charge in [0.2, 0.25) is 0 Å². The quantitative estimate of drug-likeness (QED) is 0.779. The first-order chi connectivity index (χ1) is 10.2. The maximum Gasteiger partial charge on any atom is 0.253 e. The van der Waals surface area contributed by atoms with Gasteiger partial charge in [0, 0.05) is 38.3 Å². The van der Waals surface area contributed by atoms with E-state index in [-0.39, 0.29) is 5.91 Å². The van der Waals surface area contributed by atoms with Crippen LogP contribution in [0.1, 0.15) is 29.3 Å². The molecule has 1 amide bonds. The second-order valence-electron chi connectivity index (χ2n) is 5.55. The first kappa shape index (κ1) is 16.0. The van der Waals surface area contributed by atoms with Crippen molar-refractivity contribution < 1.29 is 9.53 Å². The maximum absolute atomic E-state index is 12.6. The van der Waals surface area contributed by atoms with E-state index in [0.717, 1.165) is 63.5 Å². The van der Waals surface area contributed by atoms with Gasteiger partial charge in [0.25, 0.3) is 5.91 Å². The minimum Gasteiger partial charge on any atom is -0.380 e. The summed E-state index contributed by atoms with van der Waals surface area (Å²) in [6, 6.07) is 7.86. The molecule has 1 fully saturated rings. The number of ether oxygens (including phenoxy) is 1. The standard InChI is InChI=1S/C17H26N2O2/c1-3-21-13-12-18-8-5-9-19(11-10-18)17(20)16-7-4-6-15(2)14-16/h4,6-7,14H,3,5,8-13H2,1-2H3. The van der Waals surface area contributed by atoms with Crippen LogP contribution >= 0.6 is 0 Å². The Kier molecular flexibility index (Phi) is 6.21. The monoisotopic (exact) mass is 290 g/mol. The number of hydrogen-bond acceptors (Lipinski definition) is 3. The van der Waals surface area contributed by atoms with Crippen molar-refractivity contribution in [3.05, 3.63) is 35.4 Å². The molecule has 0 aliphatic carbocycles. The van der Waals surface area contributed by atoms with Gasteiger partial charge < -0.3 is 9.64 Å². The van der Waals surface area contributed by atoms with E-state index < -0.39 is 0 Å². The van der Waals surface area contributed by atoms with Crippen LogP contribution in [-0.2, 0) is 4.74 Å². The van der Waals surface area contributed by atoms with Crippen molar-refractivity contribution in [3.8, 4) is 0 Å². The molecule has 1 aliphatic heterocycles. The van der Waals surface area contributed by atoms with E-state index in [2.05, 4.69) is 4.90 Å². The zero-order chi connectivity index (χ0) is 15.1. The Morgan fingerprint density at radius 1 is 1.24 bits per heavy atom. The second kappa shape index (κ2) is 8.15. The Bertz CT molecular complexity index is 462. The van der Waals surface area contributed by atoms with Gasteiger partial charge in [-0.1, -0.05) is 17.7 Å². The highest BCUT2D eigenvalue weighted by molar-refractivity contribution is 5.94. The molecule has 0 atom stereocenters. The van der Waals surface area contributed by atoms with Crippen LogP contribution in [0.3, 0.4) is 0 Å². The van der Waals surface area contributed by atoms with Crippen molar-refractivity contribution in [1.82, 2.24) is 9.80 Å². The molecule has 1 saturated heterocycles. The van der Waals surface area contributed by atoms with Crippen LogP contribution in [0.25, 0.3) is 0 Å². The SMILES string of the molecule is CCOCCN1CCCN(C(=O)c2cccc(C)c2)CC1. The Morgan fingerprint density at radius 2 is 2.10 bits per heavy atom. The summed E-state index contributed by atoms with van der Waals surface area (Å²) in [7, 11) is 0. The molecular weight excluding hydrogens is 264 g/mol. The molecule has 21 heavy (non-hydrogen) atoms. The first-order valence-corrected chi connectivity index (χ1v) is 7.86. The molecule has 4 nitrogen and oxygen atoms in total. The molecule has 1 aromatic rings. The van der Waals surface area contributed by atoms with E-state index >= 15 is 0 Å². The molecule has 0 bridgehead atoms. The minimum atomic E-state index is 0.158. The summed E-state index contributed by atoms with van der Waals surface area (Å²) >= 11 is 0. The summed E-state index contributed by atoms with van der Waals surface area (Å²) in [5.74, 6) is 0.158. The average molecular weight is 290 g/mol. The molecule has 2 rings (SSSR count). The van der Waals surface area contributed by atoms with Gasteiger partial charge in [0.15, 0.2) is 0 Å². The molecule has 4 heteroatoms. The van der Waals surface area contributed by atoms with Gasteiger partial charge in [-0.25, -0.2) is 0 Å². The Labute approximate surface area is 127 Å². The van der Waals surface area contributed by atoms with E-state index in [1.54, 1.807) is 0 Å². The Morgan fingerprint density at radius 3 is 2.86 bits per heavy atom. The molecule has 1 aliphatic rings. The van der Waals surface area contributed by atoms with E-state index in [0.29, 0.717) is 0 Å². The van der Waals surface area contributed by atoms with Gasteiger partial charge in [0.05, 0.1) is 6.61 Å². The minimum absolute atomic E-state index is 0.158. The predicted molar refractivity (Wildman–Crippen MR) is 84.6 cm³/mol. The topological polar surface area (TPSA) is 32.8 Å². The molecule has 0 N–H and O–H groups in total. The lowest BCUT2D eigenvalue weighted by Crippen LogP contribution is -2.36. The zero-order valence-corrected chi connectivity index (χ0v) is 13.2. The Balaban J connectivity index is 1.89. The van der Waals surface area contributed by atoms with Crippen LogP contribution in [0.4, 0.5) is 0 Å². The number of carbonyl (C=O) groups excluding carboxylic acids is 1. The predicted octanol–water partition coefficient (Wildman–Crippen LogP) is 2.18. The van der Waals surface area contributed by atoms with E-state index in [9.17, 15) is 4.79 Å². The van der Waals surface area contributed by atoms with Crippen LogP contribution in [0, 0.1) is 6.92 Å². The van der Waals surface area contributed by atoms with Crippen molar-refractivity contribution >= 4 is 5.91 Å². The first-order valence-electron chi connectivity index (χ1n) is 7.86. The van der Waals surface area contributed by atoms with Crippen molar-refractivity contribution in [2.75, 3.05) is 45.9 Å². The lowest BCUT2D eigenvalue weighted by atomic mass is 10.1. The van der Waals surface area contributed by atoms with Crippen molar-refractivity contribution in [1.29, 1.82) is 0 Å². The summed E-state index contributed by atoms with van der Waals surface area (Å²) < 4.78 is 5.41. The summed E-state index contributed by atoms with van der Waals surface area (Å²) in [5, 5.41) is 0. The highest BCUT2D eigenvalue weighted by Gasteiger charge is 2.20. The third kappa shape index (κ3) is 4.83. The molecule has 1 heterocycles. The fraction of sp³-hybridized carbons (Fsp3) is 0.588. The van der Waals surface area contributed by atoms with Crippen LogP contribution in [0.5, 0.6) is 0 Å². The molecule has 116 valence electrons. The van der Waals surface area contributed by atoms with Gasteiger partial charge >= 0.3 is 0 Å². The van der Waals surface area contributed by atoms with Crippen LogP contribution in [0.2, 0.25) is 0 Å². The zero-order valence-electron chi connectivity index (χ0n) is 13.2.